The second-order valence-electron chi connectivity index (χ2n) is 5.37. The lowest BCUT2D eigenvalue weighted by molar-refractivity contribution is -0.120. The van der Waals surface area contributed by atoms with Crippen molar-refractivity contribution in [2.45, 2.75) is 13.0 Å². The lowest BCUT2D eigenvalue weighted by Crippen LogP contribution is -2.24. The summed E-state index contributed by atoms with van der Waals surface area (Å²) in [5.74, 6) is -0.400. The first kappa shape index (κ1) is 15.7. The number of fused-ring (bicyclic) bond motifs is 1. The fraction of sp³-hybridized carbons (Fsp3) is 0.105. The average Bonchev–Trinajstić information content (AvgIpc) is 2.55. The van der Waals surface area contributed by atoms with E-state index in [1.165, 1.54) is 12.1 Å². The van der Waals surface area contributed by atoms with Crippen LogP contribution in [0.15, 0.2) is 65.1 Å². The Morgan fingerprint density at radius 1 is 1.00 bits per heavy atom. The monoisotopic (exact) mass is 371 g/mol. The third-order valence-corrected chi connectivity index (χ3v) is 4.44. The summed E-state index contributed by atoms with van der Waals surface area (Å²) in [7, 11) is 0. The van der Waals surface area contributed by atoms with Crippen molar-refractivity contribution in [1.82, 2.24) is 5.32 Å². The van der Waals surface area contributed by atoms with Crippen LogP contribution in [0.2, 0.25) is 0 Å². The molecule has 1 N–H and O–H groups in total. The molecule has 0 aromatic heterocycles. The minimum Gasteiger partial charge on any atom is -0.352 e. The Labute approximate surface area is 142 Å². The zero-order chi connectivity index (χ0) is 16.2. The standard InChI is InChI=1S/C19H15BrFNO/c20-18-8-7-17(21)11-16(18)12-22-19(23)10-13-5-6-14-3-1-2-4-15(14)9-13/h1-9,11H,10,12H2,(H,22,23). The Morgan fingerprint density at radius 3 is 2.61 bits per heavy atom. The normalized spacial score (nSPS) is 10.7. The van der Waals surface area contributed by atoms with E-state index in [1.54, 1.807) is 6.07 Å². The third kappa shape index (κ3) is 3.96. The van der Waals surface area contributed by atoms with E-state index in [1.807, 2.05) is 42.5 Å². The van der Waals surface area contributed by atoms with Gasteiger partial charge in [0.1, 0.15) is 5.82 Å². The number of halogens is 2. The smallest absolute Gasteiger partial charge is 0.224 e. The number of hydrogen-bond acceptors (Lipinski definition) is 1. The van der Waals surface area contributed by atoms with Crippen LogP contribution in [0.3, 0.4) is 0 Å². The van der Waals surface area contributed by atoms with Crippen LogP contribution in [0.4, 0.5) is 4.39 Å². The van der Waals surface area contributed by atoms with E-state index in [0.29, 0.717) is 13.0 Å². The maximum Gasteiger partial charge on any atom is 0.224 e. The molecule has 0 saturated heterocycles. The van der Waals surface area contributed by atoms with Gasteiger partial charge in [-0.2, -0.15) is 0 Å². The predicted octanol–water partition coefficient (Wildman–Crippen LogP) is 4.60. The molecule has 0 atom stereocenters. The van der Waals surface area contributed by atoms with Gasteiger partial charge in [0.05, 0.1) is 6.42 Å². The molecule has 3 aromatic carbocycles. The quantitative estimate of drug-likeness (QED) is 0.713. The molecule has 23 heavy (non-hydrogen) atoms. The topological polar surface area (TPSA) is 29.1 Å². The van der Waals surface area contributed by atoms with Gasteiger partial charge in [-0.05, 0) is 40.1 Å². The minimum absolute atomic E-state index is 0.0866. The maximum absolute atomic E-state index is 13.2. The summed E-state index contributed by atoms with van der Waals surface area (Å²) in [4.78, 5) is 12.1. The van der Waals surface area contributed by atoms with E-state index < -0.39 is 0 Å². The number of carbonyl (C=O) groups is 1. The first-order valence-electron chi connectivity index (χ1n) is 7.30. The molecule has 1 amide bonds. The van der Waals surface area contributed by atoms with Crippen LogP contribution in [-0.2, 0) is 17.8 Å². The summed E-state index contributed by atoms with van der Waals surface area (Å²) in [6, 6.07) is 18.5. The van der Waals surface area contributed by atoms with E-state index in [4.69, 9.17) is 0 Å². The van der Waals surface area contributed by atoms with Crippen molar-refractivity contribution in [2.24, 2.45) is 0 Å². The van der Waals surface area contributed by atoms with Gasteiger partial charge in [0.25, 0.3) is 0 Å². The number of benzene rings is 3. The van der Waals surface area contributed by atoms with E-state index >= 15 is 0 Å². The summed E-state index contributed by atoms with van der Waals surface area (Å²) >= 11 is 3.36. The molecule has 2 nitrogen and oxygen atoms in total. The SMILES string of the molecule is O=C(Cc1ccc2ccccc2c1)NCc1cc(F)ccc1Br. The molecule has 0 aliphatic heterocycles. The van der Waals surface area contributed by atoms with Crippen molar-refractivity contribution in [3.8, 4) is 0 Å². The van der Waals surface area contributed by atoms with Crippen molar-refractivity contribution >= 4 is 32.6 Å². The number of amides is 1. The first-order valence-corrected chi connectivity index (χ1v) is 8.09. The van der Waals surface area contributed by atoms with Crippen LogP contribution in [0.25, 0.3) is 10.8 Å². The Balaban J connectivity index is 1.65. The van der Waals surface area contributed by atoms with Gasteiger partial charge in [0.2, 0.25) is 5.91 Å². The molecule has 0 aliphatic carbocycles. The lowest BCUT2D eigenvalue weighted by Gasteiger charge is -2.08. The molecule has 3 aromatic rings. The number of nitrogens with one attached hydrogen (secondary N) is 1. The molecule has 0 bridgehead atoms. The van der Waals surface area contributed by atoms with E-state index in [0.717, 1.165) is 26.4 Å². The van der Waals surface area contributed by atoms with Crippen molar-refractivity contribution in [3.63, 3.8) is 0 Å². The maximum atomic E-state index is 13.2. The van der Waals surface area contributed by atoms with Crippen LogP contribution < -0.4 is 5.32 Å². The molecule has 0 heterocycles. The Bertz CT molecular complexity index is 863. The molecule has 116 valence electrons. The predicted molar refractivity (Wildman–Crippen MR) is 93.6 cm³/mol. The van der Waals surface area contributed by atoms with Crippen LogP contribution >= 0.6 is 15.9 Å². The van der Waals surface area contributed by atoms with Crippen molar-refractivity contribution in [1.29, 1.82) is 0 Å². The lowest BCUT2D eigenvalue weighted by atomic mass is 10.0. The second kappa shape index (κ2) is 6.92. The van der Waals surface area contributed by atoms with Gasteiger partial charge in [-0.3, -0.25) is 4.79 Å². The van der Waals surface area contributed by atoms with Gasteiger partial charge in [-0.1, -0.05) is 58.4 Å². The van der Waals surface area contributed by atoms with Gasteiger partial charge in [-0.25, -0.2) is 4.39 Å². The highest BCUT2D eigenvalue weighted by Crippen LogP contribution is 2.18. The second-order valence-corrected chi connectivity index (χ2v) is 6.23. The van der Waals surface area contributed by atoms with E-state index in [-0.39, 0.29) is 11.7 Å². The number of carbonyl (C=O) groups excluding carboxylic acids is 1. The molecule has 0 spiro atoms. The summed E-state index contributed by atoms with van der Waals surface area (Å²) in [5, 5.41) is 5.10. The highest BCUT2D eigenvalue weighted by molar-refractivity contribution is 9.10. The van der Waals surface area contributed by atoms with Gasteiger partial charge in [0, 0.05) is 11.0 Å². The van der Waals surface area contributed by atoms with Crippen molar-refractivity contribution in [2.75, 3.05) is 0 Å². The molecule has 0 radical (unpaired) electrons. The van der Waals surface area contributed by atoms with Gasteiger partial charge >= 0.3 is 0 Å². The van der Waals surface area contributed by atoms with Gasteiger partial charge in [-0.15, -0.1) is 0 Å². The highest BCUT2D eigenvalue weighted by Gasteiger charge is 2.07. The molecule has 4 heteroatoms. The van der Waals surface area contributed by atoms with E-state index in [9.17, 15) is 9.18 Å². The largest absolute Gasteiger partial charge is 0.352 e. The Kier molecular flexibility index (Phi) is 4.72. The minimum atomic E-state index is -0.313. The van der Waals surface area contributed by atoms with Gasteiger partial charge < -0.3 is 5.32 Å². The third-order valence-electron chi connectivity index (χ3n) is 3.66. The van der Waals surface area contributed by atoms with Crippen LogP contribution in [0, 0.1) is 5.82 Å². The zero-order valence-electron chi connectivity index (χ0n) is 12.4. The number of hydrogen-bond donors (Lipinski definition) is 1. The highest BCUT2D eigenvalue weighted by atomic mass is 79.9. The summed E-state index contributed by atoms with van der Waals surface area (Å²) < 4.78 is 14.0. The first-order chi connectivity index (χ1) is 11.1. The van der Waals surface area contributed by atoms with Crippen LogP contribution in [-0.4, -0.2) is 5.91 Å². The molecular formula is C19H15BrFNO. The summed E-state index contributed by atoms with van der Waals surface area (Å²) in [6.45, 7) is 0.296. The fourth-order valence-electron chi connectivity index (χ4n) is 2.47. The molecular weight excluding hydrogens is 357 g/mol. The Hall–Kier alpha value is -2.20. The molecule has 0 fully saturated rings. The van der Waals surface area contributed by atoms with E-state index in [2.05, 4.69) is 21.2 Å². The summed E-state index contributed by atoms with van der Waals surface area (Å²) in [5.41, 5.74) is 1.68. The zero-order valence-corrected chi connectivity index (χ0v) is 13.9. The van der Waals surface area contributed by atoms with Crippen molar-refractivity contribution < 1.29 is 9.18 Å². The number of rotatable bonds is 4. The molecule has 0 saturated carbocycles. The fourth-order valence-corrected chi connectivity index (χ4v) is 2.86. The average molecular weight is 372 g/mol. The van der Waals surface area contributed by atoms with Crippen LogP contribution in [0.5, 0.6) is 0 Å². The summed E-state index contributed by atoms with van der Waals surface area (Å²) in [6.07, 6.45) is 0.303. The molecule has 0 unspecified atom stereocenters. The van der Waals surface area contributed by atoms with Crippen LogP contribution in [0.1, 0.15) is 11.1 Å². The van der Waals surface area contributed by atoms with Crippen molar-refractivity contribution in [3.05, 3.63) is 82.1 Å². The van der Waals surface area contributed by atoms with Gasteiger partial charge in [0.15, 0.2) is 0 Å². The molecule has 3 rings (SSSR count). The Morgan fingerprint density at radius 2 is 1.78 bits per heavy atom. The molecule has 0 aliphatic rings.